The van der Waals surface area contributed by atoms with Gasteiger partial charge in [0.15, 0.2) is 0 Å². The topological polar surface area (TPSA) is 24.5 Å². The molecule has 1 aromatic carbocycles. The number of rotatable bonds is 4. The van der Waals surface area contributed by atoms with Gasteiger partial charge in [-0.25, -0.2) is 0 Å². The highest BCUT2D eigenvalue weighted by molar-refractivity contribution is 5.58. The van der Waals surface area contributed by atoms with Crippen molar-refractivity contribution in [1.82, 2.24) is 5.32 Å². The number of anilines is 1. The van der Waals surface area contributed by atoms with E-state index in [2.05, 4.69) is 28.8 Å². The van der Waals surface area contributed by atoms with E-state index in [0.29, 0.717) is 12.0 Å². The third kappa shape index (κ3) is 3.56. The molecule has 1 aromatic rings. The second-order valence-electron chi connectivity index (χ2n) is 5.10. The van der Waals surface area contributed by atoms with Crippen LogP contribution in [0, 0.1) is 5.92 Å². The molecule has 0 aromatic heterocycles. The van der Waals surface area contributed by atoms with Crippen LogP contribution in [-0.4, -0.2) is 32.3 Å². The molecule has 1 fully saturated rings. The molecule has 106 valence electrons. The first-order valence-electron chi connectivity index (χ1n) is 6.60. The molecule has 1 heterocycles. The summed E-state index contributed by atoms with van der Waals surface area (Å²) >= 11 is 0. The maximum Gasteiger partial charge on any atom is 0.387 e. The SMILES string of the molecule is CC(C)C1CN(c2ccccc2OC(F)F)CCN1. The third-order valence-electron chi connectivity index (χ3n) is 3.43. The van der Waals surface area contributed by atoms with Gasteiger partial charge in [-0.2, -0.15) is 8.78 Å². The van der Waals surface area contributed by atoms with Gasteiger partial charge in [-0.3, -0.25) is 0 Å². The van der Waals surface area contributed by atoms with E-state index >= 15 is 0 Å². The van der Waals surface area contributed by atoms with Gasteiger partial charge in [-0.1, -0.05) is 26.0 Å². The highest BCUT2D eigenvalue weighted by Crippen LogP contribution is 2.30. The van der Waals surface area contributed by atoms with E-state index in [0.717, 1.165) is 25.3 Å². The minimum absolute atomic E-state index is 0.252. The lowest BCUT2D eigenvalue weighted by Crippen LogP contribution is -2.53. The number of hydrogen-bond donors (Lipinski definition) is 1. The highest BCUT2D eigenvalue weighted by Gasteiger charge is 2.24. The van der Waals surface area contributed by atoms with Crippen molar-refractivity contribution in [3.63, 3.8) is 0 Å². The van der Waals surface area contributed by atoms with E-state index in [4.69, 9.17) is 0 Å². The second-order valence-corrected chi connectivity index (χ2v) is 5.10. The molecular weight excluding hydrogens is 250 g/mol. The number of ether oxygens (including phenoxy) is 1. The molecular formula is C14H20F2N2O. The standard InChI is InChI=1S/C14H20F2N2O/c1-10(2)11-9-18(8-7-17-11)12-5-3-4-6-13(12)19-14(15)16/h3-6,10-11,14,17H,7-9H2,1-2H3. The Hall–Kier alpha value is -1.36. The molecule has 1 aliphatic rings. The number of para-hydroxylation sites is 2. The summed E-state index contributed by atoms with van der Waals surface area (Å²) in [5.74, 6) is 0.757. The molecule has 1 N–H and O–H groups in total. The van der Waals surface area contributed by atoms with Crippen LogP contribution < -0.4 is 15.0 Å². The maximum atomic E-state index is 12.4. The first kappa shape index (κ1) is 14.1. The van der Waals surface area contributed by atoms with Crippen LogP contribution in [0.25, 0.3) is 0 Å². The fourth-order valence-corrected chi connectivity index (χ4v) is 2.36. The predicted octanol–water partition coefficient (Wildman–Crippen LogP) is 2.72. The van der Waals surface area contributed by atoms with Crippen LogP contribution in [0.2, 0.25) is 0 Å². The van der Waals surface area contributed by atoms with Crippen molar-refractivity contribution in [1.29, 1.82) is 0 Å². The quantitative estimate of drug-likeness (QED) is 0.910. The Labute approximate surface area is 112 Å². The van der Waals surface area contributed by atoms with Gasteiger partial charge in [0.2, 0.25) is 0 Å². The summed E-state index contributed by atoms with van der Waals surface area (Å²) < 4.78 is 29.4. The molecule has 1 atom stereocenters. The molecule has 0 aliphatic carbocycles. The van der Waals surface area contributed by atoms with Crippen LogP contribution in [0.5, 0.6) is 5.75 Å². The summed E-state index contributed by atoms with van der Waals surface area (Å²) in [4.78, 5) is 2.11. The van der Waals surface area contributed by atoms with Crippen LogP contribution in [0.15, 0.2) is 24.3 Å². The summed E-state index contributed by atoms with van der Waals surface area (Å²) in [5, 5.41) is 3.45. The maximum absolute atomic E-state index is 12.4. The monoisotopic (exact) mass is 270 g/mol. The summed E-state index contributed by atoms with van der Waals surface area (Å²) in [6, 6.07) is 7.35. The molecule has 0 amide bonds. The highest BCUT2D eigenvalue weighted by atomic mass is 19.3. The molecule has 1 saturated heterocycles. The van der Waals surface area contributed by atoms with Crippen LogP contribution in [-0.2, 0) is 0 Å². The van der Waals surface area contributed by atoms with Crippen LogP contribution in [0.1, 0.15) is 13.8 Å². The van der Waals surface area contributed by atoms with Crippen molar-refractivity contribution >= 4 is 5.69 Å². The zero-order valence-corrected chi connectivity index (χ0v) is 11.3. The fourth-order valence-electron chi connectivity index (χ4n) is 2.36. The van der Waals surface area contributed by atoms with Crippen molar-refractivity contribution in [3.05, 3.63) is 24.3 Å². The van der Waals surface area contributed by atoms with E-state index in [-0.39, 0.29) is 5.75 Å². The first-order valence-corrected chi connectivity index (χ1v) is 6.60. The van der Waals surface area contributed by atoms with Crippen molar-refractivity contribution in [3.8, 4) is 5.75 Å². The average Bonchev–Trinajstić information content (AvgIpc) is 2.39. The minimum atomic E-state index is -2.79. The van der Waals surface area contributed by atoms with Crippen molar-refractivity contribution in [2.24, 2.45) is 5.92 Å². The molecule has 1 unspecified atom stereocenters. The molecule has 0 spiro atoms. The number of nitrogens with zero attached hydrogens (tertiary/aromatic N) is 1. The zero-order chi connectivity index (χ0) is 13.8. The van der Waals surface area contributed by atoms with E-state index < -0.39 is 6.61 Å². The number of hydrogen-bond acceptors (Lipinski definition) is 3. The van der Waals surface area contributed by atoms with Gasteiger partial charge in [0, 0.05) is 25.7 Å². The Morgan fingerprint density at radius 1 is 1.32 bits per heavy atom. The van der Waals surface area contributed by atoms with Crippen molar-refractivity contribution < 1.29 is 13.5 Å². The molecule has 0 bridgehead atoms. The Morgan fingerprint density at radius 3 is 2.74 bits per heavy atom. The first-order chi connectivity index (χ1) is 9.08. The fraction of sp³-hybridized carbons (Fsp3) is 0.571. The summed E-state index contributed by atoms with van der Waals surface area (Å²) in [6.45, 7) is 3.98. The lowest BCUT2D eigenvalue weighted by atomic mass is 10.0. The second kappa shape index (κ2) is 6.19. The van der Waals surface area contributed by atoms with Gasteiger partial charge in [-0.15, -0.1) is 0 Å². The van der Waals surface area contributed by atoms with Gasteiger partial charge in [-0.05, 0) is 18.1 Å². The van der Waals surface area contributed by atoms with Gasteiger partial charge in [0.1, 0.15) is 5.75 Å². The van der Waals surface area contributed by atoms with Crippen LogP contribution >= 0.6 is 0 Å². The lowest BCUT2D eigenvalue weighted by Gasteiger charge is -2.37. The third-order valence-corrected chi connectivity index (χ3v) is 3.43. The van der Waals surface area contributed by atoms with Gasteiger partial charge >= 0.3 is 6.61 Å². The van der Waals surface area contributed by atoms with E-state index in [9.17, 15) is 8.78 Å². The molecule has 19 heavy (non-hydrogen) atoms. The number of halogens is 2. The lowest BCUT2D eigenvalue weighted by molar-refractivity contribution is -0.0495. The number of nitrogens with one attached hydrogen (secondary N) is 1. The molecule has 1 aliphatic heterocycles. The van der Waals surface area contributed by atoms with Crippen molar-refractivity contribution in [2.75, 3.05) is 24.5 Å². The zero-order valence-electron chi connectivity index (χ0n) is 11.3. The normalized spacial score (nSPS) is 20.1. The van der Waals surface area contributed by atoms with E-state index in [1.165, 1.54) is 0 Å². The smallest absolute Gasteiger partial charge is 0.387 e. The number of alkyl halides is 2. The Bertz CT molecular complexity index is 412. The predicted molar refractivity (Wildman–Crippen MR) is 71.9 cm³/mol. The Balaban J connectivity index is 2.16. The Morgan fingerprint density at radius 2 is 2.05 bits per heavy atom. The largest absolute Gasteiger partial charge is 0.433 e. The van der Waals surface area contributed by atoms with E-state index in [1.54, 1.807) is 12.1 Å². The number of piperazine rings is 1. The number of benzene rings is 1. The van der Waals surface area contributed by atoms with Gasteiger partial charge in [0.25, 0.3) is 0 Å². The van der Waals surface area contributed by atoms with Crippen LogP contribution in [0.4, 0.5) is 14.5 Å². The summed E-state index contributed by atoms with van der Waals surface area (Å²) in [7, 11) is 0. The summed E-state index contributed by atoms with van der Waals surface area (Å²) in [5.41, 5.74) is 0.745. The van der Waals surface area contributed by atoms with Crippen LogP contribution in [0.3, 0.4) is 0 Å². The van der Waals surface area contributed by atoms with Gasteiger partial charge < -0.3 is 15.0 Å². The average molecular weight is 270 g/mol. The van der Waals surface area contributed by atoms with E-state index in [1.807, 2.05) is 12.1 Å². The Kier molecular flexibility index (Phi) is 4.58. The molecule has 0 radical (unpaired) electrons. The van der Waals surface area contributed by atoms with Gasteiger partial charge in [0.05, 0.1) is 5.69 Å². The molecule has 2 rings (SSSR count). The molecule has 0 saturated carbocycles. The summed E-state index contributed by atoms with van der Waals surface area (Å²) in [6.07, 6.45) is 0. The molecule has 5 heteroatoms. The van der Waals surface area contributed by atoms with Crippen molar-refractivity contribution in [2.45, 2.75) is 26.5 Å². The molecule has 3 nitrogen and oxygen atoms in total. The minimum Gasteiger partial charge on any atom is -0.433 e.